The molecule has 5 rings (SSSR count). The first-order valence-electron chi connectivity index (χ1n) is 10.9. The predicted octanol–water partition coefficient (Wildman–Crippen LogP) is 7.73. The average Bonchev–Trinajstić information content (AvgIpc) is 3.18. The van der Waals surface area contributed by atoms with Gasteiger partial charge < -0.3 is 4.42 Å². The molecule has 0 bridgehead atoms. The maximum atomic E-state index is 7.67. The Morgan fingerprint density at radius 1 is 0.938 bits per heavy atom. The van der Waals surface area contributed by atoms with E-state index < -0.39 is 0 Å². The van der Waals surface area contributed by atoms with Crippen molar-refractivity contribution in [2.24, 2.45) is 7.05 Å². The zero-order chi connectivity index (χ0) is 22.4. The quantitative estimate of drug-likeness (QED) is 0.217. The van der Waals surface area contributed by atoms with Crippen molar-refractivity contribution in [1.82, 2.24) is 0 Å². The predicted molar refractivity (Wildman–Crippen MR) is 131 cm³/mol. The van der Waals surface area contributed by atoms with Crippen LogP contribution in [0, 0.1) is 13.5 Å². The van der Waals surface area contributed by atoms with E-state index in [-0.39, 0.29) is 5.92 Å². The smallest absolute Gasteiger partial charge is 0.216 e. The van der Waals surface area contributed by atoms with Gasteiger partial charge in [0.25, 0.3) is 0 Å². The molecule has 0 spiro atoms. The minimum absolute atomic E-state index is 0.248. The standard InChI is InChI=1S/C29H25N2O/c1-18(2)22-16-21(30-4)17-24-27-23(20-11-7-6-8-12-20)15-19(3)26(29(27)32-28(22)24)25-13-9-10-14-31(25)5/h6-18H,1-3,5H3/q+1. The maximum Gasteiger partial charge on any atom is 0.216 e. The number of aryl methyl sites for hydroxylation is 2. The molecule has 5 aromatic rings. The number of benzene rings is 3. The third-order valence-corrected chi connectivity index (χ3v) is 6.20. The van der Waals surface area contributed by atoms with E-state index in [2.05, 4.69) is 85.9 Å². The highest BCUT2D eigenvalue weighted by Crippen LogP contribution is 2.45. The second kappa shape index (κ2) is 7.66. The van der Waals surface area contributed by atoms with E-state index in [4.69, 9.17) is 11.0 Å². The molecule has 2 heterocycles. The second-order valence-corrected chi connectivity index (χ2v) is 8.66. The van der Waals surface area contributed by atoms with E-state index in [0.29, 0.717) is 5.69 Å². The fraction of sp³-hybridized carbons (Fsp3) is 0.172. The number of pyridine rings is 1. The van der Waals surface area contributed by atoms with Crippen LogP contribution in [-0.4, -0.2) is 0 Å². The molecule has 0 saturated carbocycles. The maximum absolute atomic E-state index is 7.67. The monoisotopic (exact) mass is 417 g/mol. The molecular formula is C29H25N2O+. The van der Waals surface area contributed by atoms with Crippen molar-refractivity contribution < 1.29 is 8.98 Å². The Morgan fingerprint density at radius 3 is 2.38 bits per heavy atom. The van der Waals surface area contributed by atoms with Crippen molar-refractivity contribution in [3.63, 3.8) is 0 Å². The molecular weight excluding hydrogens is 392 g/mol. The molecule has 0 aliphatic rings. The van der Waals surface area contributed by atoms with Crippen molar-refractivity contribution in [3.05, 3.63) is 95.5 Å². The fourth-order valence-corrected chi connectivity index (χ4v) is 4.63. The number of aromatic nitrogens is 1. The second-order valence-electron chi connectivity index (χ2n) is 8.66. The summed E-state index contributed by atoms with van der Waals surface area (Å²) in [6.07, 6.45) is 2.06. The van der Waals surface area contributed by atoms with E-state index in [9.17, 15) is 0 Å². The highest BCUT2D eigenvalue weighted by Gasteiger charge is 2.25. The van der Waals surface area contributed by atoms with Crippen LogP contribution in [0.4, 0.5) is 5.69 Å². The third kappa shape index (κ3) is 3.08. The molecule has 3 aromatic carbocycles. The summed E-state index contributed by atoms with van der Waals surface area (Å²) in [7, 11) is 2.06. The summed E-state index contributed by atoms with van der Waals surface area (Å²) in [6.45, 7) is 14.1. The molecule has 0 aliphatic carbocycles. The van der Waals surface area contributed by atoms with Crippen molar-refractivity contribution in [2.45, 2.75) is 26.7 Å². The minimum atomic E-state index is 0.248. The molecule has 0 unspecified atom stereocenters. The number of hydrogen-bond donors (Lipinski definition) is 0. The van der Waals surface area contributed by atoms with Gasteiger partial charge >= 0.3 is 0 Å². The van der Waals surface area contributed by atoms with Crippen LogP contribution in [0.15, 0.2) is 77.3 Å². The van der Waals surface area contributed by atoms with Gasteiger partial charge in [0, 0.05) is 22.9 Å². The summed E-state index contributed by atoms with van der Waals surface area (Å²) in [5, 5.41) is 2.08. The lowest BCUT2D eigenvalue weighted by molar-refractivity contribution is -0.660. The van der Waals surface area contributed by atoms with E-state index >= 15 is 0 Å². The van der Waals surface area contributed by atoms with Crippen molar-refractivity contribution in [1.29, 1.82) is 0 Å². The van der Waals surface area contributed by atoms with Gasteiger partial charge in [-0.25, -0.2) is 9.41 Å². The Morgan fingerprint density at radius 2 is 1.69 bits per heavy atom. The van der Waals surface area contributed by atoms with Crippen LogP contribution in [0.1, 0.15) is 30.9 Å². The van der Waals surface area contributed by atoms with Gasteiger partial charge in [0.05, 0.1) is 12.1 Å². The summed E-state index contributed by atoms with van der Waals surface area (Å²) < 4.78 is 8.84. The van der Waals surface area contributed by atoms with E-state index in [1.807, 2.05) is 24.3 Å². The molecule has 156 valence electrons. The Hall–Kier alpha value is -3.90. The summed E-state index contributed by atoms with van der Waals surface area (Å²) >= 11 is 0. The summed E-state index contributed by atoms with van der Waals surface area (Å²) in [5.41, 5.74) is 9.12. The van der Waals surface area contributed by atoms with Gasteiger partial charge in [-0.1, -0.05) is 44.2 Å². The van der Waals surface area contributed by atoms with Gasteiger partial charge in [-0.3, -0.25) is 0 Å². The summed E-state index contributed by atoms with van der Waals surface area (Å²) in [5.74, 6) is 0.248. The number of furan rings is 1. The number of fused-ring (bicyclic) bond motifs is 3. The SMILES string of the molecule is [C-]#[N+]c1cc(C(C)C)c2oc3c(-c4cccc[n+]4C)c(C)cc(-c4ccccc4)c3c2c1. The molecule has 3 nitrogen and oxygen atoms in total. The fourth-order valence-electron chi connectivity index (χ4n) is 4.63. The molecule has 0 aliphatic heterocycles. The highest BCUT2D eigenvalue weighted by atomic mass is 16.3. The molecule has 2 aromatic heterocycles. The number of hydrogen-bond acceptors (Lipinski definition) is 1. The average molecular weight is 418 g/mol. The van der Waals surface area contributed by atoms with Crippen LogP contribution in [0.25, 0.3) is 49.2 Å². The molecule has 0 amide bonds. The van der Waals surface area contributed by atoms with Gasteiger partial charge in [-0.05, 0) is 59.4 Å². The molecule has 0 atom stereocenters. The lowest BCUT2D eigenvalue weighted by atomic mass is 9.91. The zero-order valence-electron chi connectivity index (χ0n) is 18.8. The van der Waals surface area contributed by atoms with E-state index in [1.54, 1.807) is 0 Å². The van der Waals surface area contributed by atoms with Gasteiger partial charge in [0.2, 0.25) is 5.69 Å². The minimum Gasteiger partial charge on any atom is -0.455 e. The zero-order valence-corrected chi connectivity index (χ0v) is 18.8. The molecule has 0 fully saturated rings. The first kappa shape index (κ1) is 20.0. The highest BCUT2D eigenvalue weighted by molar-refractivity contribution is 6.17. The van der Waals surface area contributed by atoms with Gasteiger partial charge in [0.15, 0.2) is 11.9 Å². The Balaban J connectivity index is 2.02. The third-order valence-electron chi connectivity index (χ3n) is 6.20. The normalized spacial score (nSPS) is 11.4. The van der Waals surface area contributed by atoms with Gasteiger partial charge in [-0.15, -0.1) is 0 Å². The van der Waals surface area contributed by atoms with Crippen LogP contribution in [-0.2, 0) is 7.05 Å². The molecule has 3 heteroatoms. The van der Waals surface area contributed by atoms with E-state index in [1.165, 1.54) is 0 Å². The molecule has 0 N–H and O–H groups in total. The Labute approximate surface area is 188 Å². The molecule has 0 radical (unpaired) electrons. The van der Waals surface area contributed by atoms with Gasteiger partial charge in [0.1, 0.15) is 18.2 Å². The number of rotatable bonds is 3. The van der Waals surface area contributed by atoms with Crippen LogP contribution in [0.2, 0.25) is 0 Å². The lowest BCUT2D eigenvalue weighted by Gasteiger charge is -2.11. The Kier molecular flexibility index (Phi) is 4.79. The van der Waals surface area contributed by atoms with Crippen LogP contribution < -0.4 is 4.57 Å². The summed E-state index contributed by atoms with van der Waals surface area (Å²) in [4.78, 5) is 3.77. The first-order chi connectivity index (χ1) is 15.5. The lowest BCUT2D eigenvalue weighted by Crippen LogP contribution is -2.30. The number of nitrogens with zero attached hydrogens (tertiary/aromatic N) is 2. The van der Waals surface area contributed by atoms with Crippen molar-refractivity contribution in [3.8, 4) is 22.4 Å². The van der Waals surface area contributed by atoms with Crippen LogP contribution in [0.3, 0.4) is 0 Å². The first-order valence-corrected chi connectivity index (χ1v) is 10.9. The van der Waals surface area contributed by atoms with E-state index in [0.717, 1.165) is 55.4 Å². The summed E-state index contributed by atoms with van der Waals surface area (Å²) in [6, 6.07) is 22.9. The Bertz CT molecular complexity index is 1520. The largest absolute Gasteiger partial charge is 0.455 e. The molecule has 0 saturated heterocycles. The van der Waals surface area contributed by atoms with Crippen LogP contribution in [0.5, 0.6) is 0 Å². The van der Waals surface area contributed by atoms with Crippen LogP contribution >= 0.6 is 0 Å². The van der Waals surface area contributed by atoms with Crippen molar-refractivity contribution in [2.75, 3.05) is 0 Å². The molecule has 32 heavy (non-hydrogen) atoms. The van der Waals surface area contributed by atoms with Crippen molar-refractivity contribution >= 4 is 27.6 Å². The van der Waals surface area contributed by atoms with Gasteiger partial charge in [-0.2, -0.15) is 0 Å². The topological polar surface area (TPSA) is 21.4 Å².